The summed E-state index contributed by atoms with van der Waals surface area (Å²) >= 11 is 0. The molecule has 2 N–H and O–H groups in total. The van der Waals surface area contributed by atoms with Gasteiger partial charge in [0, 0.05) is 25.9 Å². The number of rotatable bonds is 12. The van der Waals surface area contributed by atoms with E-state index < -0.39 is 9.84 Å². The summed E-state index contributed by atoms with van der Waals surface area (Å²) in [5.74, 6) is 0.860. The Bertz CT molecular complexity index is 376. The quantitative estimate of drug-likeness (QED) is 0.206. The highest BCUT2D eigenvalue weighted by molar-refractivity contribution is 14.0. The van der Waals surface area contributed by atoms with Gasteiger partial charge in [-0.15, -0.1) is 24.0 Å². The fourth-order valence-corrected chi connectivity index (χ4v) is 2.05. The molecular formula is C14H32IN3O3S. The number of sulfone groups is 1. The number of hydrogen-bond donors (Lipinski definition) is 2. The van der Waals surface area contributed by atoms with Crippen LogP contribution in [-0.2, 0) is 14.6 Å². The summed E-state index contributed by atoms with van der Waals surface area (Å²) in [7, 11) is -2.94. The molecule has 0 radical (unpaired) electrons. The Kier molecular flexibility index (Phi) is 17.3. The molecule has 134 valence electrons. The Labute approximate surface area is 152 Å². The van der Waals surface area contributed by atoms with E-state index in [-0.39, 0.29) is 36.3 Å². The smallest absolute Gasteiger partial charge is 0.191 e. The summed E-state index contributed by atoms with van der Waals surface area (Å²) in [6.45, 7) is 7.18. The van der Waals surface area contributed by atoms with Crippen LogP contribution in [0.5, 0.6) is 0 Å². The van der Waals surface area contributed by atoms with Crippen LogP contribution in [0.1, 0.15) is 39.5 Å². The molecule has 0 aliphatic heterocycles. The molecule has 8 heteroatoms. The van der Waals surface area contributed by atoms with E-state index >= 15 is 0 Å². The third-order valence-corrected chi connectivity index (χ3v) is 3.67. The number of halogens is 1. The van der Waals surface area contributed by atoms with Crippen LogP contribution in [0.4, 0.5) is 0 Å². The molecule has 0 aromatic rings. The van der Waals surface area contributed by atoms with Crippen molar-refractivity contribution in [3.63, 3.8) is 0 Å². The first kappa shape index (κ1) is 24.2. The maximum absolute atomic E-state index is 10.9. The van der Waals surface area contributed by atoms with Crippen molar-refractivity contribution < 1.29 is 13.2 Å². The van der Waals surface area contributed by atoms with Gasteiger partial charge in [0.15, 0.2) is 5.96 Å². The molecule has 0 amide bonds. The first-order chi connectivity index (χ1) is 9.99. The number of nitrogens with one attached hydrogen (secondary N) is 2. The summed E-state index contributed by atoms with van der Waals surface area (Å²) in [5, 5.41) is 6.35. The van der Waals surface area contributed by atoms with Gasteiger partial charge in [-0.1, -0.05) is 26.2 Å². The first-order valence-corrected chi connectivity index (χ1v) is 9.83. The average molecular weight is 449 g/mol. The zero-order valence-electron chi connectivity index (χ0n) is 14.1. The lowest BCUT2D eigenvalue weighted by molar-refractivity contribution is 0.154. The number of unbranched alkanes of at least 4 members (excludes halogenated alkanes) is 3. The SMILES string of the molecule is CCCCCCN=C(NCC)NCCOCCS(C)(=O)=O.I. The van der Waals surface area contributed by atoms with E-state index in [9.17, 15) is 8.42 Å². The molecule has 0 heterocycles. The third-order valence-electron chi connectivity index (χ3n) is 2.76. The Morgan fingerprint density at radius 2 is 1.82 bits per heavy atom. The lowest BCUT2D eigenvalue weighted by atomic mass is 10.2. The summed E-state index contributed by atoms with van der Waals surface area (Å²) in [6, 6.07) is 0. The van der Waals surface area contributed by atoms with Gasteiger partial charge in [-0.3, -0.25) is 4.99 Å². The van der Waals surface area contributed by atoms with Crippen LogP contribution in [-0.4, -0.2) is 59.2 Å². The highest BCUT2D eigenvalue weighted by atomic mass is 127. The maximum atomic E-state index is 10.9. The van der Waals surface area contributed by atoms with E-state index in [2.05, 4.69) is 22.5 Å². The number of guanidine groups is 1. The number of nitrogens with zero attached hydrogens (tertiary/aromatic N) is 1. The summed E-state index contributed by atoms with van der Waals surface area (Å²) in [5.41, 5.74) is 0. The van der Waals surface area contributed by atoms with Gasteiger partial charge in [0.05, 0.1) is 19.0 Å². The second-order valence-electron chi connectivity index (χ2n) is 4.99. The van der Waals surface area contributed by atoms with Crippen molar-refractivity contribution in [2.24, 2.45) is 4.99 Å². The minimum atomic E-state index is -2.94. The van der Waals surface area contributed by atoms with Gasteiger partial charge in [0.1, 0.15) is 9.84 Å². The zero-order chi connectivity index (χ0) is 16.0. The van der Waals surface area contributed by atoms with Crippen molar-refractivity contribution in [1.29, 1.82) is 0 Å². The molecule has 0 aromatic carbocycles. The predicted molar refractivity (Wildman–Crippen MR) is 104 cm³/mol. The standard InChI is InChI=1S/C14H31N3O3S.HI/c1-4-6-7-8-9-16-14(15-5-2)17-10-11-20-12-13-21(3,18)19;/h4-13H2,1-3H3,(H2,15,16,17);1H. The van der Waals surface area contributed by atoms with Crippen molar-refractivity contribution in [2.45, 2.75) is 39.5 Å². The van der Waals surface area contributed by atoms with Crippen LogP contribution < -0.4 is 10.6 Å². The molecule has 0 aromatic heterocycles. The van der Waals surface area contributed by atoms with Gasteiger partial charge in [-0.2, -0.15) is 0 Å². The third kappa shape index (κ3) is 18.0. The fourth-order valence-electron chi connectivity index (χ4n) is 1.63. The molecule has 0 bridgehead atoms. The van der Waals surface area contributed by atoms with Crippen LogP contribution >= 0.6 is 24.0 Å². The second kappa shape index (κ2) is 15.8. The van der Waals surface area contributed by atoms with Gasteiger partial charge < -0.3 is 15.4 Å². The van der Waals surface area contributed by atoms with Crippen molar-refractivity contribution in [3.05, 3.63) is 0 Å². The summed E-state index contributed by atoms with van der Waals surface area (Å²) in [6.07, 6.45) is 6.02. The average Bonchev–Trinajstić information content (AvgIpc) is 2.41. The minimum Gasteiger partial charge on any atom is -0.379 e. The largest absolute Gasteiger partial charge is 0.379 e. The fraction of sp³-hybridized carbons (Fsp3) is 0.929. The Balaban J connectivity index is 0. The van der Waals surface area contributed by atoms with Crippen molar-refractivity contribution >= 4 is 39.8 Å². The van der Waals surface area contributed by atoms with Gasteiger partial charge in [-0.25, -0.2) is 8.42 Å². The van der Waals surface area contributed by atoms with Crippen molar-refractivity contribution in [2.75, 3.05) is 44.9 Å². The van der Waals surface area contributed by atoms with Gasteiger partial charge in [0.2, 0.25) is 0 Å². The van der Waals surface area contributed by atoms with Crippen LogP contribution in [0.25, 0.3) is 0 Å². The van der Waals surface area contributed by atoms with E-state index in [1.54, 1.807) is 0 Å². The molecule has 0 rings (SSSR count). The van der Waals surface area contributed by atoms with Crippen LogP contribution in [0.3, 0.4) is 0 Å². The molecule has 0 aliphatic rings. The molecular weight excluding hydrogens is 417 g/mol. The molecule has 0 atom stereocenters. The van der Waals surface area contributed by atoms with Crippen LogP contribution in [0.15, 0.2) is 4.99 Å². The van der Waals surface area contributed by atoms with Gasteiger partial charge >= 0.3 is 0 Å². The molecule has 0 aliphatic carbocycles. The van der Waals surface area contributed by atoms with E-state index in [0.717, 1.165) is 25.5 Å². The Morgan fingerprint density at radius 3 is 2.41 bits per heavy atom. The first-order valence-electron chi connectivity index (χ1n) is 7.77. The summed E-state index contributed by atoms with van der Waals surface area (Å²) < 4.78 is 27.1. The van der Waals surface area contributed by atoms with Crippen molar-refractivity contribution in [3.8, 4) is 0 Å². The normalized spacial score (nSPS) is 11.9. The molecule has 0 unspecified atom stereocenters. The van der Waals surface area contributed by atoms with Crippen LogP contribution in [0, 0.1) is 0 Å². The molecule has 22 heavy (non-hydrogen) atoms. The van der Waals surface area contributed by atoms with E-state index in [4.69, 9.17) is 4.74 Å². The lowest BCUT2D eigenvalue weighted by Crippen LogP contribution is -2.39. The lowest BCUT2D eigenvalue weighted by Gasteiger charge is -2.11. The number of hydrogen-bond acceptors (Lipinski definition) is 4. The maximum Gasteiger partial charge on any atom is 0.191 e. The number of ether oxygens (including phenoxy) is 1. The van der Waals surface area contributed by atoms with E-state index in [0.29, 0.717) is 13.2 Å². The monoisotopic (exact) mass is 449 g/mol. The Hall–Kier alpha value is -0.0900. The highest BCUT2D eigenvalue weighted by Gasteiger charge is 2.01. The second-order valence-corrected chi connectivity index (χ2v) is 7.25. The topological polar surface area (TPSA) is 79.8 Å². The van der Waals surface area contributed by atoms with Crippen LogP contribution in [0.2, 0.25) is 0 Å². The Morgan fingerprint density at radius 1 is 1.09 bits per heavy atom. The van der Waals surface area contributed by atoms with E-state index in [1.165, 1.54) is 25.5 Å². The minimum absolute atomic E-state index is 0. The summed E-state index contributed by atoms with van der Waals surface area (Å²) in [4.78, 5) is 4.49. The predicted octanol–water partition coefficient (Wildman–Crippen LogP) is 1.80. The highest BCUT2D eigenvalue weighted by Crippen LogP contribution is 1.98. The number of aliphatic imine (C=N–C) groups is 1. The molecule has 0 saturated carbocycles. The molecule has 0 saturated heterocycles. The molecule has 0 fully saturated rings. The van der Waals surface area contributed by atoms with E-state index in [1.807, 2.05) is 6.92 Å². The molecule has 6 nitrogen and oxygen atoms in total. The van der Waals surface area contributed by atoms with Crippen molar-refractivity contribution in [1.82, 2.24) is 10.6 Å². The zero-order valence-corrected chi connectivity index (χ0v) is 17.2. The van der Waals surface area contributed by atoms with Gasteiger partial charge in [0.25, 0.3) is 0 Å². The van der Waals surface area contributed by atoms with Gasteiger partial charge in [-0.05, 0) is 13.3 Å². The molecule has 0 spiro atoms.